The van der Waals surface area contributed by atoms with Gasteiger partial charge in [0.2, 0.25) is 5.60 Å². The zero-order valence-corrected chi connectivity index (χ0v) is 20.3. The molecule has 1 aromatic heterocycles. The highest BCUT2D eigenvalue weighted by Gasteiger charge is 2.54. The monoisotopic (exact) mass is 524 g/mol. The van der Waals surface area contributed by atoms with Gasteiger partial charge in [-0.15, -0.1) is 23.1 Å². The molecule has 188 valence electrons. The molecule has 0 radical (unpaired) electrons. The molecule has 1 saturated heterocycles. The van der Waals surface area contributed by atoms with Crippen molar-refractivity contribution >= 4 is 57.7 Å². The van der Waals surface area contributed by atoms with Gasteiger partial charge in [-0.2, -0.15) is 0 Å². The van der Waals surface area contributed by atoms with Crippen molar-refractivity contribution in [2.24, 2.45) is 5.16 Å². The Hall–Kier alpha value is -3.17. The molecule has 0 spiro atoms. The Morgan fingerprint density at radius 3 is 2.66 bits per heavy atom. The molecule has 3 aliphatic rings. The SMILES string of the molecule is CCNCC1=C(C(=O)O)N2C(=O)C(NC(=O)/C(=N\OC3(C(=O)O)CCC3)c3csc(N)n3)[C@H]2SC1. The highest BCUT2D eigenvalue weighted by molar-refractivity contribution is 8.00. The number of carboxylic acid groups (broad SMARTS) is 2. The minimum absolute atomic E-state index is 0.0730. The zero-order chi connectivity index (χ0) is 25.3. The van der Waals surface area contributed by atoms with Crippen LogP contribution in [0.3, 0.4) is 0 Å². The molecule has 6 N–H and O–H groups in total. The second-order valence-electron chi connectivity index (χ2n) is 8.15. The van der Waals surface area contributed by atoms with E-state index >= 15 is 0 Å². The third-order valence-electron chi connectivity index (χ3n) is 5.97. The minimum atomic E-state index is -1.51. The average molecular weight is 525 g/mol. The van der Waals surface area contributed by atoms with E-state index in [1.54, 1.807) is 0 Å². The Kier molecular flexibility index (Phi) is 7.00. The van der Waals surface area contributed by atoms with Gasteiger partial charge in [-0.3, -0.25) is 14.5 Å². The molecule has 2 aliphatic heterocycles. The Bertz CT molecular complexity index is 1130. The number of thioether (sulfide) groups is 1. The van der Waals surface area contributed by atoms with Crippen molar-refractivity contribution in [3.63, 3.8) is 0 Å². The first kappa shape index (κ1) is 24.9. The highest BCUT2D eigenvalue weighted by Crippen LogP contribution is 2.40. The molecule has 35 heavy (non-hydrogen) atoms. The summed E-state index contributed by atoms with van der Waals surface area (Å²) in [6, 6.07) is -0.999. The Morgan fingerprint density at radius 1 is 1.37 bits per heavy atom. The van der Waals surface area contributed by atoms with Crippen molar-refractivity contribution in [1.82, 2.24) is 20.5 Å². The van der Waals surface area contributed by atoms with Crippen LogP contribution >= 0.6 is 23.1 Å². The number of nitrogen functional groups attached to an aromatic ring is 1. The summed E-state index contributed by atoms with van der Waals surface area (Å²) >= 11 is 2.39. The number of likely N-dealkylation sites (N-methyl/N-ethyl adjacent to an activating group) is 1. The lowest BCUT2D eigenvalue weighted by molar-refractivity contribution is -0.178. The van der Waals surface area contributed by atoms with Gasteiger partial charge in [0.25, 0.3) is 11.8 Å². The number of β-lactam (4-membered cyclic amide) rings is 1. The molecule has 3 heterocycles. The number of carbonyl (C=O) groups is 4. The first-order valence-corrected chi connectivity index (χ1v) is 12.7. The van der Waals surface area contributed by atoms with Crippen molar-refractivity contribution in [3.8, 4) is 0 Å². The molecule has 13 nitrogen and oxygen atoms in total. The molecular weight excluding hydrogens is 500 g/mol. The number of nitrogens with two attached hydrogens (primary N) is 1. The standard InChI is InChI=1S/C20H24N6O7S2/c1-2-22-6-9-7-34-16-12(15(28)26(16)13(9)17(29)30)24-14(27)11(10-8-35-19(21)23-10)25-33-20(18(31)32)4-3-5-20/h8,12,16,22H,2-7H2,1H3,(H2,21,23)(H,24,27)(H,29,30)(H,31,32)/b25-11-/t12?,16-/m1/s1. The molecule has 4 rings (SSSR count). The average Bonchev–Trinajstić information content (AvgIpc) is 3.22. The number of rotatable bonds is 10. The highest BCUT2D eigenvalue weighted by atomic mass is 32.2. The molecule has 2 atom stereocenters. The number of hydrogen-bond acceptors (Lipinski definition) is 11. The summed E-state index contributed by atoms with van der Waals surface area (Å²) in [7, 11) is 0. The lowest BCUT2D eigenvalue weighted by atomic mass is 9.80. The molecule has 2 amide bonds. The molecular formula is C20H24N6O7S2. The van der Waals surface area contributed by atoms with E-state index in [-0.39, 0.29) is 35.1 Å². The fraction of sp³-hybridized carbons (Fsp3) is 0.500. The van der Waals surface area contributed by atoms with Crippen LogP contribution in [0.4, 0.5) is 5.13 Å². The van der Waals surface area contributed by atoms with Crippen molar-refractivity contribution < 1.29 is 34.2 Å². The summed E-state index contributed by atoms with van der Waals surface area (Å²) in [5.74, 6) is -3.40. The van der Waals surface area contributed by atoms with Crippen LogP contribution in [0.1, 0.15) is 31.9 Å². The summed E-state index contributed by atoms with van der Waals surface area (Å²) in [4.78, 5) is 60.0. The summed E-state index contributed by atoms with van der Waals surface area (Å²) in [6.45, 7) is 2.87. The number of carboxylic acids is 2. The maximum absolute atomic E-state index is 13.1. The van der Waals surface area contributed by atoms with Crippen LogP contribution in [-0.2, 0) is 24.0 Å². The fourth-order valence-corrected chi connectivity index (χ4v) is 5.77. The summed E-state index contributed by atoms with van der Waals surface area (Å²) in [5.41, 5.74) is 4.43. The predicted molar refractivity (Wildman–Crippen MR) is 127 cm³/mol. The van der Waals surface area contributed by atoms with Gasteiger partial charge in [-0.05, 0) is 18.5 Å². The van der Waals surface area contributed by atoms with Crippen LogP contribution in [0.2, 0.25) is 0 Å². The van der Waals surface area contributed by atoms with E-state index in [1.165, 1.54) is 22.0 Å². The smallest absolute Gasteiger partial charge is 0.352 e. The Morgan fingerprint density at radius 2 is 2.11 bits per heavy atom. The Labute approximate surface area is 207 Å². The van der Waals surface area contributed by atoms with Gasteiger partial charge in [-0.1, -0.05) is 12.1 Å². The van der Waals surface area contributed by atoms with Crippen LogP contribution < -0.4 is 16.4 Å². The predicted octanol–water partition coefficient (Wildman–Crippen LogP) is -0.199. The maximum atomic E-state index is 13.1. The molecule has 1 aliphatic carbocycles. The quantitative estimate of drug-likeness (QED) is 0.154. The number of oxime groups is 1. The number of carbonyl (C=O) groups excluding carboxylic acids is 2. The van der Waals surface area contributed by atoms with E-state index in [0.717, 1.165) is 11.3 Å². The van der Waals surface area contributed by atoms with E-state index in [0.29, 0.717) is 30.8 Å². The number of nitrogens with zero attached hydrogens (tertiary/aromatic N) is 3. The second kappa shape index (κ2) is 9.83. The van der Waals surface area contributed by atoms with Gasteiger partial charge in [0.1, 0.15) is 22.8 Å². The summed E-state index contributed by atoms with van der Waals surface area (Å²) in [5, 5.41) is 29.7. The normalized spacial score (nSPS) is 23.2. The van der Waals surface area contributed by atoms with Crippen LogP contribution in [0.15, 0.2) is 21.8 Å². The third-order valence-corrected chi connectivity index (χ3v) is 7.98. The van der Waals surface area contributed by atoms with Gasteiger partial charge < -0.3 is 31.4 Å². The van der Waals surface area contributed by atoms with E-state index < -0.39 is 40.8 Å². The van der Waals surface area contributed by atoms with E-state index in [2.05, 4.69) is 20.8 Å². The van der Waals surface area contributed by atoms with Crippen LogP contribution in [0.25, 0.3) is 0 Å². The van der Waals surface area contributed by atoms with E-state index in [4.69, 9.17) is 10.6 Å². The summed E-state index contributed by atoms with van der Waals surface area (Å²) < 4.78 is 0. The van der Waals surface area contributed by atoms with Crippen molar-refractivity contribution in [1.29, 1.82) is 0 Å². The van der Waals surface area contributed by atoms with Gasteiger partial charge in [0, 0.05) is 30.5 Å². The van der Waals surface area contributed by atoms with Crippen molar-refractivity contribution in [2.75, 3.05) is 24.6 Å². The number of aliphatic carboxylic acids is 2. The Balaban J connectivity index is 1.54. The van der Waals surface area contributed by atoms with Gasteiger partial charge >= 0.3 is 11.9 Å². The van der Waals surface area contributed by atoms with Crippen LogP contribution in [0.5, 0.6) is 0 Å². The first-order valence-electron chi connectivity index (χ1n) is 10.8. The lowest BCUT2D eigenvalue weighted by Crippen LogP contribution is -2.71. The van der Waals surface area contributed by atoms with Gasteiger partial charge in [0.05, 0.1) is 0 Å². The fourth-order valence-electron chi connectivity index (χ4n) is 3.88. The molecule has 2 fully saturated rings. The largest absolute Gasteiger partial charge is 0.478 e. The number of fused-ring (bicyclic) bond motifs is 1. The number of anilines is 1. The van der Waals surface area contributed by atoms with Gasteiger partial charge in [0.15, 0.2) is 10.8 Å². The van der Waals surface area contributed by atoms with E-state index in [9.17, 15) is 29.4 Å². The minimum Gasteiger partial charge on any atom is -0.478 e. The third kappa shape index (κ3) is 4.58. The lowest BCUT2D eigenvalue weighted by Gasteiger charge is -2.49. The molecule has 1 saturated carbocycles. The number of hydrogen-bond donors (Lipinski definition) is 5. The summed E-state index contributed by atoms with van der Waals surface area (Å²) in [6.07, 6.45) is 1.13. The van der Waals surface area contributed by atoms with Crippen LogP contribution in [0, 0.1) is 0 Å². The molecule has 15 heteroatoms. The number of nitrogens with one attached hydrogen (secondary N) is 2. The molecule has 1 aromatic rings. The zero-order valence-electron chi connectivity index (χ0n) is 18.6. The van der Waals surface area contributed by atoms with Crippen LogP contribution in [-0.4, -0.2) is 85.4 Å². The second-order valence-corrected chi connectivity index (χ2v) is 10.1. The van der Waals surface area contributed by atoms with Gasteiger partial charge in [-0.25, -0.2) is 14.6 Å². The first-order chi connectivity index (χ1) is 16.7. The maximum Gasteiger partial charge on any atom is 0.352 e. The number of amides is 2. The molecule has 0 bridgehead atoms. The van der Waals surface area contributed by atoms with Crippen molar-refractivity contribution in [2.45, 2.75) is 43.2 Å². The van der Waals surface area contributed by atoms with Crippen molar-refractivity contribution in [3.05, 3.63) is 22.3 Å². The number of thiazole rings is 1. The number of aromatic nitrogens is 1. The molecule has 0 aromatic carbocycles. The molecule has 1 unspecified atom stereocenters. The van der Waals surface area contributed by atoms with E-state index in [1.807, 2.05) is 6.92 Å². The topological polar surface area (TPSA) is 197 Å².